The van der Waals surface area contributed by atoms with E-state index < -0.39 is 0 Å². The van der Waals surface area contributed by atoms with E-state index in [1.54, 1.807) is 6.20 Å². The highest BCUT2D eigenvalue weighted by molar-refractivity contribution is 5.95. The minimum Gasteiger partial charge on any atom is -0.490 e. The van der Waals surface area contributed by atoms with Crippen molar-refractivity contribution < 1.29 is 9.53 Å². The number of aromatic nitrogens is 1. The Bertz CT molecular complexity index is 776. The van der Waals surface area contributed by atoms with Crippen molar-refractivity contribution >= 4 is 11.7 Å². The lowest BCUT2D eigenvalue weighted by Gasteiger charge is -2.33. The van der Waals surface area contributed by atoms with Gasteiger partial charge in [-0.25, -0.2) is 4.98 Å². The van der Waals surface area contributed by atoms with E-state index >= 15 is 0 Å². The molecule has 142 valence electrons. The number of hydrogen-bond donors (Lipinski definition) is 0. The van der Waals surface area contributed by atoms with Crippen molar-refractivity contribution in [3.05, 3.63) is 53.7 Å². The fourth-order valence-corrected chi connectivity index (χ4v) is 3.84. The van der Waals surface area contributed by atoms with Gasteiger partial charge in [-0.3, -0.25) is 4.79 Å². The van der Waals surface area contributed by atoms with Crippen molar-refractivity contribution in [3.8, 4) is 5.75 Å². The summed E-state index contributed by atoms with van der Waals surface area (Å²) in [4.78, 5) is 21.3. The maximum absolute atomic E-state index is 12.6. The number of piperidine rings is 1. The second kappa shape index (κ2) is 7.99. The van der Waals surface area contributed by atoms with Gasteiger partial charge >= 0.3 is 0 Å². The number of hydrogen-bond acceptors (Lipinski definition) is 4. The molecule has 2 aromatic rings. The van der Waals surface area contributed by atoms with Crippen LogP contribution in [0.3, 0.4) is 0 Å². The first-order valence-electron chi connectivity index (χ1n) is 9.93. The molecule has 0 N–H and O–H groups in total. The van der Waals surface area contributed by atoms with E-state index in [0.717, 1.165) is 69.0 Å². The van der Waals surface area contributed by atoms with Crippen LogP contribution in [0.1, 0.15) is 41.6 Å². The van der Waals surface area contributed by atoms with Crippen LogP contribution in [-0.4, -0.2) is 48.1 Å². The molecule has 5 nitrogen and oxygen atoms in total. The number of ether oxygens (including phenoxy) is 1. The third-order valence-electron chi connectivity index (χ3n) is 5.48. The van der Waals surface area contributed by atoms with Gasteiger partial charge in [0.25, 0.3) is 5.91 Å². The van der Waals surface area contributed by atoms with E-state index in [2.05, 4.69) is 28.9 Å². The molecule has 0 aliphatic carbocycles. The average molecular weight is 365 g/mol. The summed E-state index contributed by atoms with van der Waals surface area (Å²) in [5, 5.41) is 0. The third kappa shape index (κ3) is 4.24. The molecule has 1 aromatic heterocycles. The summed E-state index contributed by atoms with van der Waals surface area (Å²) in [6.07, 6.45) is 6.13. The molecule has 2 aliphatic rings. The van der Waals surface area contributed by atoms with Crippen LogP contribution in [0.15, 0.2) is 42.6 Å². The number of aryl methyl sites for hydroxylation is 1. The zero-order valence-electron chi connectivity index (χ0n) is 15.9. The highest BCUT2D eigenvalue weighted by atomic mass is 16.5. The van der Waals surface area contributed by atoms with Crippen LogP contribution in [0.5, 0.6) is 5.75 Å². The highest BCUT2D eigenvalue weighted by Gasteiger charge is 2.24. The summed E-state index contributed by atoms with van der Waals surface area (Å²) in [6.45, 7) is 5.62. The van der Waals surface area contributed by atoms with Crippen molar-refractivity contribution in [1.82, 2.24) is 9.88 Å². The molecule has 2 saturated heterocycles. The Balaban J connectivity index is 1.36. The van der Waals surface area contributed by atoms with Crippen molar-refractivity contribution in [3.63, 3.8) is 0 Å². The Labute approximate surface area is 161 Å². The first-order chi connectivity index (χ1) is 13.2. The maximum atomic E-state index is 12.6. The summed E-state index contributed by atoms with van der Waals surface area (Å²) in [5.41, 5.74) is 1.99. The van der Waals surface area contributed by atoms with Crippen molar-refractivity contribution in [2.75, 3.05) is 31.1 Å². The van der Waals surface area contributed by atoms with E-state index in [0.29, 0.717) is 0 Å². The first kappa shape index (κ1) is 17.8. The lowest BCUT2D eigenvalue weighted by atomic mass is 10.1. The molecule has 27 heavy (non-hydrogen) atoms. The minimum atomic E-state index is 0.133. The largest absolute Gasteiger partial charge is 0.490 e. The van der Waals surface area contributed by atoms with Gasteiger partial charge in [-0.15, -0.1) is 0 Å². The summed E-state index contributed by atoms with van der Waals surface area (Å²) in [6, 6.07) is 12.0. The van der Waals surface area contributed by atoms with Crippen LogP contribution >= 0.6 is 0 Å². The normalized spacial score (nSPS) is 18.0. The fourth-order valence-electron chi connectivity index (χ4n) is 3.84. The topological polar surface area (TPSA) is 45.7 Å². The van der Waals surface area contributed by atoms with Crippen LogP contribution in [0.2, 0.25) is 0 Å². The number of pyridine rings is 1. The van der Waals surface area contributed by atoms with Gasteiger partial charge < -0.3 is 14.5 Å². The van der Waals surface area contributed by atoms with Crippen molar-refractivity contribution in [2.45, 2.75) is 38.7 Å². The standard InChI is InChI=1S/C22H27N3O2/c1-17-4-6-19(7-5-17)27-20-9-14-24(15-10-20)21-16-18(8-11-23-21)22(26)25-12-2-3-13-25/h4-8,11,16,20H,2-3,9-10,12-15H2,1H3. The van der Waals surface area contributed by atoms with Crippen molar-refractivity contribution in [1.29, 1.82) is 0 Å². The van der Waals surface area contributed by atoms with Gasteiger partial charge in [0.1, 0.15) is 17.7 Å². The van der Waals surface area contributed by atoms with Crippen LogP contribution in [0, 0.1) is 6.92 Å². The van der Waals surface area contributed by atoms with E-state index in [9.17, 15) is 4.79 Å². The summed E-state index contributed by atoms with van der Waals surface area (Å²) in [7, 11) is 0. The molecule has 0 saturated carbocycles. The molecular formula is C22H27N3O2. The number of benzene rings is 1. The Morgan fingerprint density at radius 3 is 2.44 bits per heavy atom. The number of anilines is 1. The number of carbonyl (C=O) groups excluding carboxylic acids is 1. The van der Waals surface area contributed by atoms with E-state index in [-0.39, 0.29) is 12.0 Å². The maximum Gasteiger partial charge on any atom is 0.254 e. The molecule has 2 fully saturated rings. The minimum absolute atomic E-state index is 0.133. The molecule has 0 unspecified atom stereocenters. The van der Waals surface area contributed by atoms with E-state index in [1.165, 1.54) is 5.56 Å². The van der Waals surface area contributed by atoms with Gasteiger partial charge in [0, 0.05) is 50.8 Å². The monoisotopic (exact) mass is 365 g/mol. The van der Waals surface area contributed by atoms with Gasteiger partial charge in [0.2, 0.25) is 0 Å². The van der Waals surface area contributed by atoms with Crippen LogP contribution in [0.4, 0.5) is 5.82 Å². The lowest BCUT2D eigenvalue weighted by molar-refractivity contribution is 0.0792. The average Bonchev–Trinajstić information content (AvgIpc) is 3.25. The second-order valence-corrected chi connectivity index (χ2v) is 7.52. The molecular weight excluding hydrogens is 338 g/mol. The number of nitrogens with zero attached hydrogens (tertiary/aromatic N) is 3. The highest BCUT2D eigenvalue weighted by Crippen LogP contribution is 2.23. The molecule has 5 heteroatoms. The Morgan fingerprint density at radius 2 is 1.74 bits per heavy atom. The lowest BCUT2D eigenvalue weighted by Crippen LogP contribution is -2.38. The zero-order chi connectivity index (χ0) is 18.6. The fraction of sp³-hybridized carbons (Fsp3) is 0.455. The van der Waals surface area contributed by atoms with Gasteiger partial charge in [-0.1, -0.05) is 17.7 Å². The third-order valence-corrected chi connectivity index (χ3v) is 5.48. The van der Waals surface area contributed by atoms with Gasteiger partial charge in [0.05, 0.1) is 0 Å². The molecule has 4 rings (SSSR count). The molecule has 3 heterocycles. The van der Waals surface area contributed by atoms with Crippen LogP contribution in [-0.2, 0) is 0 Å². The predicted octanol–water partition coefficient (Wildman–Crippen LogP) is 3.67. The number of rotatable bonds is 4. The van der Waals surface area contributed by atoms with Gasteiger partial charge in [0.15, 0.2) is 0 Å². The zero-order valence-corrected chi connectivity index (χ0v) is 15.9. The smallest absolute Gasteiger partial charge is 0.254 e. The van der Waals surface area contributed by atoms with Gasteiger partial charge in [-0.2, -0.15) is 0 Å². The molecule has 0 atom stereocenters. The number of likely N-dealkylation sites (tertiary alicyclic amines) is 1. The molecule has 0 radical (unpaired) electrons. The Hall–Kier alpha value is -2.56. The molecule has 2 aliphatic heterocycles. The number of carbonyl (C=O) groups is 1. The predicted molar refractivity (Wildman–Crippen MR) is 106 cm³/mol. The van der Waals surface area contributed by atoms with E-state index in [1.807, 2.05) is 29.2 Å². The number of amides is 1. The molecule has 1 amide bonds. The Morgan fingerprint density at radius 1 is 1.04 bits per heavy atom. The molecule has 1 aromatic carbocycles. The summed E-state index contributed by atoms with van der Waals surface area (Å²) in [5.74, 6) is 1.97. The second-order valence-electron chi connectivity index (χ2n) is 7.52. The van der Waals surface area contributed by atoms with Crippen molar-refractivity contribution in [2.24, 2.45) is 0 Å². The quantitative estimate of drug-likeness (QED) is 0.829. The summed E-state index contributed by atoms with van der Waals surface area (Å²) < 4.78 is 6.12. The van der Waals surface area contributed by atoms with Crippen LogP contribution in [0.25, 0.3) is 0 Å². The SMILES string of the molecule is Cc1ccc(OC2CCN(c3cc(C(=O)N4CCCC4)ccn3)CC2)cc1. The van der Waals surface area contributed by atoms with E-state index in [4.69, 9.17) is 4.74 Å². The van der Waals surface area contributed by atoms with Crippen LogP contribution < -0.4 is 9.64 Å². The first-order valence-corrected chi connectivity index (χ1v) is 9.93. The Kier molecular flexibility index (Phi) is 5.28. The van der Waals surface area contributed by atoms with Gasteiger partial charge in [-0.05, 0) is 44.0 Å². The molecule has 0 bridgehead atoms. The summed E-state index contributed by atoms with van der Waals surface area (Å²) >= 11 is 0. The molecule has 0 spiro atoms.